The Morgan fingerprint density at radius 3 is 2.77 bits per heavy atom. The third kappa shape index (κ3) is 5.30. The maximum atomic E-state index is 12.3. The molecule has 1 saturated heterocycles. The van der Waals surface area contributed by atoms with Gasteiger partial charge in [-0.1, -0.05) is 16.9 Å². The zero-order valence-electron chi connectivity index (χ0n) is 19.3. The van der Waals surface area contributed by atoms with Crippen molar-refractivity contribution in [3.05, 3.63) is 47.0 Å². The first-order valence-electron chi connectivity index (χ1n) is 11.2. The molecule has 1 saturated carbocycles. The quantitative estimate of drug-likeness (QED) is 0.371. The van der Waals surface area contributed by atoms with Crippen molar-refractivity contribution in [2.45, 2.75) is 51.2 Å². The number of carbonyl (C=O) groups is 1. The number of aromatic nitrogens is 2. The molecular formula is C22H27N4O8P. The molecule has 0 bridgehead atoms. The summed E-state index contributed by atoms with van der Waals surface area (Å²) in [5.41, 5.74) is 4.43. The minimum Gasteiger partial charge on any atom is -0.575 e. The summed E-state index contributed by atoms with van der Waals surface area (Å²) < 4.78 is 27.3. The fourth-order valence-electron chi connectivity index (χ4n) is 4.03. The lowest BCUT2D eigenvalue weighted by Crippen LogP contribution is -2.34. The van der Waals surface area contributed by atoms with Crippen LogP contribution in [0.2, 0.25) is 0 Å². The summed E-state index contributed by atoms with van der Waals surface area (Å²) in [5, 5.41) is 10.9. The summed E-state index contributed by atoms with van der Waals surface area (Å²) in [6.45, 7) is 3.26. The molecule has 1 aliphatic heterocycles. The molecule has 35 heavy (non-hydrogen) atoms. The van der Waals surface area contributed by atoms with E-state index in [1.807, 2.05) is 0 Å². The van der Waals surface area contributed by atoms with E-state index in [0.29, 0.717) is 12.8 Å². The Morgan fingerprint density at radius 1 is 1.40 bits per heavy atom. The van der Waals surface area contributed by atoms with Crippen molar-refractivity contribution in [3.8, 4) is 11.5 Å². The number of aliphatic hydroxyl groups is 1. The number of nitrogens with zero attached hydrogens (tertiary/aromatic N) is 3. The van der Waals surface area contributed by atoms with Crippen LogP contribution in [0.4, 0.5) is 5.82 Å². The van der Waals surface area contributed by atoms with Crippen LogP contribution in [0.3, 0.4) is 0 Å². The van der Waals surface area contributed by atoms with Crippen molar-refractivity contribution >= 4 is 20.0 Å². The lowest BCUT2D eigenvalue weighted by Gasteiger charge is -2.20. The smallest absolute Gasteiger partial charge is 0.395 e. The van der Waals surface area contributed by atoms with E-state index in [9.17, 15) is 19.6 Å². The van der Waals surface area contributed by atoms with Crippen molar-refractivity contribution in [2.75, 3.05) is 18.9 Å². The standard InChI is InChI=1S/C22H27N4O8P/c1-3-31-19(28)13(2)25-35(30)34-15-7-5-4-6-14(15)32-12-16-18(27)22(9-10-22)20(33-16)26-11-8-17(23)24-21(26)29/h4-8,11,13,16,18,20,27H,3,9-10,12H2,1-2H3,(H2,23,24,29)/t13-,16+,18+,20+/m0/s1. The highest BCUT2D eigenvalue weighted by atomic mass is 31.1. The van der Waals surface area contributed by atoms with E-state index in [2.05, 4.69) is 9.73 Å². The number of anilines is 1. The third-order valence-corrected chi connectivity index (χ3v) is 6.88. The van der Waals surface area contributed by atoms with Gasteiger partial charge in [0.05, 0.1) is 12.7 Å². The summed E-state index contributed by atoms with van der Waals surface area (Å²) in [4.78, 5) is 40.1. The van der Waals surface area contributed by atoms with Gasteiger partial charge in [-0.15, -0.1) is 0 Å². The molecule has 1 aromatic heterocycles. The van der Waals surface area contributed by atoms with E-state index in [1.165, 1.54) is 23.8 Å². The number of aliphatic hydroxyl groups excluding tert-OH is 1. The van der Waals surface area contributed by atoms with Crippen LogP contribution in [-0.2, 0) is 14.3 Å². The average Bonchev–Trinajstić information content (AvgIpc) is 3.57. The SMILES string of the molecule is CCOC(=O)[C@H](C)N=[P+]([O-])Oc1ccccc1OC[C@H]1O[C@@H](n2ccc(N)nc2=O)C2(CC2)[C@@H]1O. The molecule has 3 N–H and O–H groups in total. The van der Waals surface area contributed by atoms with Gasteiger partial charge in [-0.05, 0) is 44.9 Å². The summed E-state index contributed by atoms with van der Waals surface area (Å²) in [7, 11) is -2.58. The van der Waals surface area contributed by atoms with Crippen LogP contribution in [0.5, 0.6) is 11.5 Å². The Balaban J connectivity index is 1.44. The zero-order chi connectivity index (χ0) is 25.2. The normalized spacial score (nSPS) is 23.7. The van der Waals surface area contributed by atoms with Crippen molar-refractivity contribution < 1.29 is 33.5 Å². The van der Waals surface area contributed by atoms with Gasteiger partial charge in [0.15, 0.2) is 11.8 Å². The first kappa shape index (κ1) is 25.1. The molecule has 1 spiro atoms. The van der Waals surface area contributed by atoms with Crippen LogP contribution >= 0.6 is 8.17 Å². The highest BCUT2D eigenvalue weighted by Gasteiger charge is 2.64. The van der Waals surface area contributed by atoms with Gasteiger partial charge in [-0.3, -0.25) is 9.09 Å². The number of benzene rings is 1. The lowest BCUT2D eigenvalue weighted by atomic mass is 9.96. The maximum absolute atomic E-state index is 12.3. The van der Waals surface area contributed by atoms with Crippen LogP contribution in [0.25, 0.3) is 0 Å². The summed E-state index contributed by atoms with van der Waals surface area (Å²) in [5.74, 6) is -0.0917. The van der Waals surface area contributed by atoms with Gasteiger partial charge in [-0.2, -0.15) is 4.98 Å². The highest BCUT2D eigenvalue weighted by Crippen LogP contribution is 2.62. The van der Waals surface area contributed by atoms with Gasteiger partial charge in [0.2, 0.25) is 5.75 Å². The number of ether oxygens (including phenoxy) is 3. The van der Waals surface area contributed by atoms with E-state index < -0.39 is 49.7 Å². The summed E-state index contributed by atoms with van der Waals surface area (Å²) >= 11 is 0. The van der Waals surface area contributed by atoms with Gasteiger partial charge in [0.1, 0.15) is 24.8 Å². The molecule has 188 valence electrons. The summed E-state index contributed by atoms with van der Waals surface area (Å²) in [6, 6.07) is 7.06. The van der Waals surface area contributed by atoms with Crippen LogP contribution in [-0.4, -0.2) is 52.1 Å². The van der Waals surface area contributed by atoms with Crippen molar-refractivity contribution in [1.82, 2.24) is 9.55 Å². The summed E-state index contributed by atoms with van der Waals surface area (Å²) in [6.07, 6.45) is 0.574. The highest BCUT2D eigenvalue weighted by molar-refractivity contribution is 7.34. The number of rotatable bonds is 9. The predicted molar refractivity (Wildman–Crippen MR) is 123 cm³/mol. The number of carbonyl (C=O) groups excluding carboxylic acids is 1. The molecule has 1 unspecified atom stereocenters. The van der Waals surface area contributed by atoms with Gasteiger partial charge in [-0.25, -0.2) is 9.59 Å². The van der Waals surface area contributed by atoms with Crippen LogP contribution in [0.1, 0.15) is 32.9 Å². The first-order chi connectivity index (χ1) is 16.7. The van der Waals surface area contributed by atoms with Gasteiger partial charge in [0, 0.05) is 11.6 Å². The molecule has 13 heteroatoms. The molecule has 1 aliphatic carbocycles. The molecule has 0 amide bonds. The zero-order valence-corrected chi connectivity index (χ0v) is 20.2. The second-order valence-electron chi connectivity index (χ2n) is 8.38. The van der Waals surface area contributed by atoms with Crippen molar-refractivity contribution in [1.29, 1.82) is 0 Å². The first-order valence-corrected chi connectivity index (χ1v) is 12.3. The molecule has 2 aromatic rings. The molecule has 0 radical (unpaired) electrons. The number of nitrogens with two attached hydrogens (primary N) is 1. The molecule has 4 rings (SSSR count). The minimum atomic E-state index is -2.58. The minimum absolute atomic E-state index is 0.0515. The lowest BCUT2D eigenvalue weighted by molar-refractivity contribution is -0.169. The number of hydrogen-bond acceptors (Lipinski definition) is 11. The Morgan fingerprint density at radius 2 is 2.11 bits per heavy atom. The van der Waals surface area contributed by atoms with E-state index in [1.54, 1.807) is 31.2 Å². The predicted octanol–water partition coefficient (Wildman–Crippen LogP) is 1.13. The van der Waals surface area contributed by atoms with Crippen molar-refractivity contribution in [3.63, 3.8) is 0 Å². The number of nitrogen functional groups attached to an aromatic ring is 1. The monoisotopic (exact) mass is 506 g/mol. The van der Waals surface area contributed by atoms with Gasteiger partial charge in [0.25, 0.3) is 0 Å². The van der Waals surface area contributed by atoms with Crippen LogP contribution in [0, 0.1) is 5.41 Å². The maximum Gasteiger partial charge on any atom is 0.395 e. The van der Waals surface area contributed by atoms with Crippen molar-refractivity contribution in [2.24, 2.45) is 10.2 Å². The van der Waals surface area contributed by atoms with E-state index in [-0.39, 0.29) is 30.5 Å². The van der Waals surface area contributed by atoms with Gasteiger partial charge < -0.3 is 29.9 Å². The molecule has 5 atom stereocenters. The fourth-order valence-corrected chi connectivity index (χ4v) is 4.78. The Kier molecular flexibility index (Phi) is 7.36. The Hall–Kier alpha value is -3.05. The largest absolute Gasteiger partial charge is 0.575 e. The van der Waals surface area contributed by atoms with E-state index in [4.69, 9.17) is 24.5 Å². The molecule has 2 heterocycles. The number of hydrogen-bond donors (Lipinski definition) is 2. The van der Waals surface area contributed by atoms with E-state index in [0.717, 1.165) is 0 Å². The Labute approximate surface area is 202 Å². The number of para-hydroxylation sites is 2. The molecule has 12 nitrogen and oxygen atoms in total. The topological polar surface area (TPSA) is 171 Å². The fraction of sp³-hybridized carbons (Fsp3) is 0.500. The molecule has 2 aliphatic rings. The van der Waals surface area contributed by atoms with Crippen LogP contribution < -0.4 is 25.6 Å². The molecule has 1 aromatic carbocycles. The second-order valence-corrected chi connectivity index (χ2v) is 9.27. The number of esters is 1. The average molecular weight is 506 g/mol. The van der Waals surface area contributed by atoms with E-state index >= 15 is 0 Å². The van der Waals surface area contributed by atoms with Gasteiger partial charge >= 0.3 is 19.8 Å². The third-order valence-electron chi connectivity index (χ3n) is 5.99. The molecule has 2 fully saturated rings. The van der Waals surface area contributed by atoms with Crippen LogP contribution in [0.15, 0.2) is 46.1 Å². The Bertz CT molecular complexity index is 1170. The second kappa shape index (κ2) is 10.3. The molecular weight excluding hydrogens is 479 g/mol.